The Kier molecular flexibility index (Phi) is 6.22. The van der Waals surface area contributed by atoms with Crippen LogP contribution in [-0.2, 0) is 4.79 Å². The van der Waals surface area contributed by atoms with Gasteiger partial charge in [-0.25, -0.2) is 9.97 Å². The van der Waals surface area contributed by atoms with Crippen LogP contribution < -0.4 is 5.32 Å². The van der Waals surface area contributed by atoms with Crippen molar-refractivity contribution < 1.29 is 9.59 Å². The van der Waals surface area contributed by atoms with E-state index in [0.29, 0.717) is 22.4 Å². The maximum Gasteiger partial charge on any atom is 0.234 e. The number of thioether (sulfide) groups is 2. The predicted molar refractivity (Wildman–Crippen MR) is 111 cm³/mol. The van der Waals surface area contributed by atoms with Gasteiger partial charge in [-0.3, -0.25) is 9.59 Å². The van der Waals surface area contributed by atoms with Gasteiger partial charge < -0.3 is 5.32 Å². The van der Waals surface area contributed by atoms with Crippen molar-refractivity contribution >= 4 is 40.9 Å². The molecular weight excluding hydrogens is 378 g/mol. The van der Waals surface area contributed by atoms with E-state index in [1.807, 2.05) is 6.92 Å². The molecule has 2 atom stereocenters. The highest BCUT2D eigenvalue weighted by Crippen LogP contribution is 2.48. The van der Waals surface area contributed by atoms with Gasteiger partial charge in [0.25, 0.3) is 0 Å². The molecule has 1 aromatic heterocycles. The van der Waals surface area contributed by atoms with Crippen molar-refractivity contribution in [3.8, 4) is 0 Å². The minimum absolute atomic E-state index is 0.0234. The number of rotatable bonds is 6. The molecular formula is C20H23N3O2S2. The number of benzene rings is 1. The first-order chi connectivity index (χ1) is 12.9. The Labute approximate surface area is 168 Å². The summed E-state index contributed by atoms with van der Waals surface area (Å²) in [5, 5.41) is 5.30. The molecule has 0 unspecified atom stereocenters. The third kappa shape index (κ3) is 4.52. The third-order valence-corrected chi connectivity index (χ3v) is 6.78. The summed E-state index contributed by atoms with van der Waals surface area (Å²) in [7, 11) is 0. The van der Waals surface area contributed by atoms with E-state index >= 15 is 0 Å². The summed E-state index contributed by atoms with van der Waals surface area (Å²) in [5.41, 5.74) is 2.41. The summed E-state index contributed by atoms with van der Waals surface area (Å²) in [6, 6.07) is 6.99. The Morgan fingerprint density at radius 1 is 1.30 bits per heavy atom. The van der Waals surface area contributed by atoms with Gasteiger partial charge in [0, 0.05) is 28.0 Å². The van der Waals surface area contributed by atoms with Crippen molar-refractivity contribution in [2.45, 2.75) is 55.3 Å². The second-order valence-corrected chi connectivity index (χ2v) is 8.94. The minimum Gasteiger partial charge on any atom is -0.325 e. The number of fused-ring (bicyclic) bond motifs is 1. The molecule has 3 rings (SSSR count). The van der Waals surface area contributed by atoms with Gasteiger partial charge in [0.15, 0.2) is 5.78 Å². The molecule has 2 aromatic rings. The molecule has 2 heterocycles. The summed E-state index contributed by atoms with van der Waals surface area (Å²) in [4.78, 5) is 33.1. The standard InChI is InChI=1S/C20H23N3O2S2/c1-5-16-12(3)27-20-18(16)19(21-13(4)22-20)26-10-17(25)23-15-8-6-7-14(9-15)11(2)24/h6-9,12,16H,5,10H2,1-4H3,(H,23,25)/t12-,16+/m1/s1. The van der Waals surface area contributed by atoms with E-state index in [1.54, 1.807) is 36.0 Å². The van der Waals surface area contributed by atoms with Crippen molar-refractivity contribution in [2.24, 2.45) is 0 Å². The first kappa shape index (κ1) is 19.9. The molecule has 0 saturated carbocycles. The smallest absolute Gasteiger partial charge is 0.234 e. The van der Waals surface area contributed by atoms with Gasteiger partial charge in [0.05, 0.1) is 5.75 Å². The number of carbonyl (C=O) groups is 2. The fourth-order valence-corrected chi connectivity index (χ4v) is 5.63. The lowest BCUT2D eigenvalue weighted by molar-refractivity contribution is -0.113. The molecule has 1 aliphatic heterocycles. The quantitative estimate of drug-likeness (QED) is 0.429. The fourth-order valence-electron chi connectivity index (χ4n) is 3.22. The van der Waals surface area contributed by atoms with Gasteiger partial charge >= 0.3 is 0 Å². The Morgan fingerprint density at radius 2 is 2.07 bits per heavy atom. The molecule has 0 radical (unpaired) electrons. The van der Waals surface area contributed by atoms with Crippen LogP contribution in [0, 0.1) is 6.92 Å². The molecule has 7 heteroatoms. The van der Waals surface area contributed by atoms with Crippen LogP contribution in [0.25, 0.3) is 0 Å². The number of Topliss-reactive ketones (excluding diaryl/α,β-unsaturated/α-hetero) is 1. The largest absolute Gasteiger partial charge is 0.325 e. The number of amides is 1. The van der Waals surface area contributed by atoms with Crippen molar-refractivity contribution in [2.75, 3.05) is 11.1 Å². The zero-order valence-electron chi connectivity index (χ0n) is 15.9. The Morgan fingerprint density at radius 3 is 2.78 bits per heavy atom. The molecule has 0 aliphatic carbocycles. The SMILES string of the molecule is CC[C@@H]1c2c(SCC(=O)Nc3cccc(C(C)=O)c3)nc(C)nc2S[C@@H]1C. The molecule has 0 fully saturated rings. The van der Waals surface area contributed by atoms with Crippen LogP contribution in [0.4, 0.5) is 5.69 Å². The lowest BCUT2D eigenvalue weighted by atomic mass is 9.96. The number of hydrogen-bond acceptors (Lipinski definition) is 6. The second kappa shape index (κ2) is 8.44. The van der Waals surface area contributed by atoms with Crippen LogP contribution in [0.3, 0.4) is 0 Å². The Balaban J connectivity index is 1.71. The van der Waals surface area contributed by atoms with Crippen LogP contribution in [0.2, 0.25) is 0 Å². The Bertz CT molecular complexity index is 886. The van der Waals surface area contributed by atoms with Gasteiger partial charge in [-0.1, -0.05) is 37.7 Å². The van der Waals surface area contributed by atoms with Crippen LogP contribution >= 0.6 is 23.5 Å². The highest BCUT2D eigenvalue weighted by Gasteiger charge is 2.33. The number of nitrogens with one attached hydrogen (secondary N) is 1. The topological polar surface area (TPSA) is 72.0 Å². The van der Waals surface area contributed by atoms with Gasteiger partial charge in [-0.15, -0.1) is 11.8 Å². The third-order valence-electron chi connectivity index (χ3n) is 4.56. The average molecular weight is 402 g/mol. The molecule has 27 heavy (non-hydrogen) atoms. The van der Waals surface area contributed by atoms with Gasteiger partial charge in [-0.05, 0) is 32.4 Å². The van der Waals surface area contributed by atoms with Crippen molar-refractivity contribution in [1.82, 2.24) is 9.97 Å². The van der Waals surface area contributed by atoms with E-state index < -0.39 is 0 Å². The summed E-state index contributed by atoms with van der Waals surface area (Å²) in [5.74, 6) is 1.29. The number of aromatic nitrogens is 2. The lowest BCUT2D eigenvalue weighted by Gasteiger charge is -2.15. The number of aryl methyl sites for hydroxylation is 1. The first-order valence-corrected chi connectivity index (χ1v) is 10.8. The molecule has 1 aromatic carbocycles. The van der Waals surface area contributed by atoms with Crippen LogP contribution in [0.15, 0.2) is 34.3 Å². The summed E-state index contributed by atoms with van der Waals surface area (Å²) < 4.78 is 0. The van der Waals surface area contributed by atoms with Gasteiger partial charge in [0.1, 0.15) is 15.9 Å². The second-order valence-electron chi connectivity index (χ2n) is 6.61. The van der Waals surface area contributed by atoms with Crippen molar-refractivity contribution in [3.63, 3.8) is 0 Å². The number of carbonyl (C=O) groups excluding carboxylic acids is 2. The van der Waals surface area contributed by atoms with Gasteiger partial charge in [-0.2, -0.15) is 0 Å². The summed E-state index contributed by atoms with van der Waals surface area (Å²) in [6.07, 6.45) is 1.03. The number of nitrogens with zero attached hydrogens (tertiary/aromatic N) is 2. The Hall–Kier alpha value is -1.86. The number of hydrogen-bond donors (Lipinski definition) is 1. The number of anilines is 1. The van der Waals surface area contributed by atoms with Gasteiger partial charge in [0.2, 0.25) is 5.91 Å². The molecule has 5 nitrogen and oxygen atoms in total. The average Bonchev–Trinajstić information content (AvgIpc) is 2.94. The normalized spacial score (nSPS) is 18.2. The summed E-state index contributed by atoms with van der Waals surface area (Å²) >= 11 is 3.25. The van der Waals surface area contributed by atoms with E-state index in [0.717, 1.165) is 22.3 Å². The first-order valence-electron chi connectivity index (χ1n) is 8.97. The zero-order valence-corrected chi connectivity index (χ0v) is 17.5. The van der Waals surface area contributed by atoms with E-state index in [2.05, 4.69) is 29.1 Å². The van der Waals surface area contributed by atoms with Crippen LogP contribution in [0.1, 0.15) is 54.9 Å². The highest BCUT2D eigenvalue weighted by molar-refractivity contribution is 8.01. The zero-order chi connectivity index (χ0) is 19.6. The summed E-state index contributed by atoms with van der Waals surface area (Å²) in [6.45, 7) is 7.80. The molecule has 0 saturated heterocycles. The number of ketones is 1. The monoisotopic (exact) mass is 401 g/mol. The molecule has 1 aliphatic rings. The lowest BCUT2D eigenvalue weighted by Crippen LogP contribution is -2.15. The molecule has 142 valence electrons. The molecule has 0 spiro atoms. The fraction of sp³-hybridized carbons (Fsp3) is 0.400. The van der Waals surface area contributed by atoms with Crippen molar-refractivity contribution in [1.29, 1.82) is 0 Å². The molecule has 1 amide bonds. The van der Waals surface area contributed by atoms with Crippen LogP contribution in [0.5, 0.6) is 0 Å². The maximum atomic E-state index is 12.4. The molecule has 0 bridgehead atoms. The minimum atomic E-state index is -0.113. The van der Waals surface area contributed by atoms with Crippen molar-refractivity contribution in [3.05, 3.63) is 41.2 Å². The predicted octanol–water partition coefficient (Wildman–Crippen LogP) is 4.71. The van der Waals surface area contributed by atoms with E-state index in [1.165, 1.54) is 24.2 Å². The van der Waals surface area contributed by atoms with E-state index in [9.17, 15) is 9.59 Å². The van der Waals surface area contributed by atoms with Crippen LogP contribution in [-0.4, -0.2) is 32.7 Å². The van der Waals surface area contributed by atoms with E-state index in [-0.39, 0.29) is 17.4 Å². The van der Waals surface area contributed by atoms with E-state index in [4.69, 9.17) is 0 Å². The molecule has 1 N–H and O–H groups in total. The maximum absolute atomic E-state index is 12.4. The highest BCUT2D eigenvalue weighted by atomic mass is 32.2.